The number of anilines is 1. The van der Waals surface area contributed by atoms with E-state index in [0.29, 0.717) is 17.9 Å². The summed E-state index contributed by atoms with van der Waals surface area (Å²) >= 11 is 0. The average molecular weight is 221 g/mol. The summed E-state index contributed by atoms with van der Waals surface area (Å²) in [5.41, 5.74) is 0.462. The number of aromatic nitrogens is 4. The Hall–Kier alpha value is -1.69. The summed E-state index contributed by atoms with van der Waals surface area (Å²) in [6.45, 7) is 4.14. The third-order valence-corrected chi connectivity index (χ3v) is 2.41. The van der Waals surface area contributed by atoms with Crippen LogP contribution in [-0.2, 0) is 0 Å². The van der Waals surface area contributed by atoms with Crippen molar-refractivity contribution in [1.29, 1.82) is 0 Å². The molecule has 0 fully saturated rings. The maximum absolute atomic E-state index is 8.96. The van der Waals surface area contributed by atoms with Crippen LogP contribution in [-0.4, -0.2) is 36.8 Å². The maximum atomic E-state index is 8.96. The first kappa shape index (κ1) is 10.8. The van der Waals surface area contributed by atoms with Gasteiger partial charge in [-0.15, -0.1) is 10.2 Å². The van der Waals surface area contributed by atoms with E-state index in [9.17, 15) is 0 Å². The van der Waals surface area contributed by atoms with Crippen molar-refractivity contribution in [3.63, 3.8) is 0 Å². The molecule has 86 valence electrons. The molecule has 6 heteroatoms. The van der Waals surface area contributed by atoms with Crippen LogP contribution in [0.2, 0.25) is 0 Å². The zero-order valence-electron chi connectivity index (χ0n) is 9.38. The SMILES string of the molecule is CC(C)(CCO)Nc1nccn2cnnc12. The number of nitrogens with one attached hydrogen (secondary N) is 1. The Kier molecular flexibility index (Phi) is 2.74. The molecule has 0 aliphatic heterocycles. The zero-order chi connectivity index (χ0) is 11.6. The third-order valence-electron chi connectivity index (χ3n) is 2.41. The molecular weight excluding hydrogens is 206 g/mol. The van der Waals surface area contributed by atoms with E-state index in [1.165, 1.54) is 0 Å². The highest BCUT2D eigenvalue weighted by molar-refractivity contribution is 5.62. The zero-order valence-corrected chi connectivity index (χ0v) is 9.38. The summed E-state index contributed by atoms with van der Waals surface area (Å²) in [6, 6.07) is 0. The van der Waals surface area contributed by atoms with Gasteiger partial charge in [-0.25, -0.2) is 4.98 Å². The molecule has 16 heavy (non-hydrogen) atoms. The van der Waals surface area contributed by atoms with E-state index < -0.39 is 0 Å². The normalized spacial score (nSPS) is 11.9. The topological polar surface area (TPSA) is 75.3 Å². The van der Waals surface area contributed by atoms with Crippen LogP contribution in [0.3, 0.4) is 0 Å². The Balaban J connectivity index is 2.30. The van der Waals surface area contributed by atoms with Gasteiger partial charge in [0.15, 0.2) is 5.82 Å². The van der Waals surface area contributed by atoms with Crippen LogP contribution < -0.4 is 5.32 Å². The summed E-state index contributed by atoms with van der Waals surface area (Å²) < 4.78 is 1.80. The largest absolute Gasteiger partial charge is 0.396 e. The summed E-state index contributed by atoms with van der Waals surface area (Å²) in [7, 11) is 0. The van der Waals surface area contributed by atoms with Crippen LogP contribution in [0.1, 0.15) is 20.3 Å². The Labute approximate surface area is 93.3 Å². The lowest BCUT2D eigenvalue weighted by Crippen LogP contribution is -2.32. The minimum absolute atomic E-state index is 0.135. The van der Waals surface area contributed by atoms with Gasteiger partial charge in [0, 0.05) is 24.5 Å². The molecule has 0 radical (unpaired) electrons. The van der Waals surface area contributed by atoms with E-state index >= 15 is 0 Å². The minimum atomic E-state index is -0.227. The molecule has 0 saturated carbocycles. The van der Waals surface area contributed by atoms with Gasteiger partial charge in [0.2, 0.25) is 5.65 Å². The maximum Gasteiger partial charge on any atom is 0.203 e. The standard InChI is InChI=1S/C10H15N5O/c1-10(2,3-6-16)13-8-9-14-12-7-15(9)5-4-11-8/h4-5,7,16H,3,6H2,1-2H3,(H,11,13). The van der Waals surface area contributed by atoms with Crippen molar-refractivity contribution < 1.29 is 5.11 Å². The molecule has 2 N–H and O–H groups in total. The van der Waals surface area contributed by atoms with Crippen LogP contribution in [0.25, 0.3) is 5.65 Å². The molecule has 0 amide bonds. The molecule has 0 spiro atoms. The lowest BCUT2D eigenvalue weighted by Gasteiger charge is -2.25. The number of fused-ring (bicyclic) bond motifs is 1. The fourth-order valence-electron chi connectivity index (χ4n) is 1.51. The number of aliphatic hydroxyl groups is 1. The quantitative estimate of drug-likeness (QED) is 0.794. The van der Waals surface area contributed by atoms with Crippen LogP contribution >= 0.6 is 0 Å². The second-order valence-corrected chi connectivity index (χ2v) is 4.32. The smallest absolute Gasteiger partial charge is 0.203 e. The van der Waals surface area contributed by atoms with Gasteiger partial charge in [0.1, 0.15) is 6.33 Å². The van der Waals surface area contributed by atoms with E-state index in [-0.39, 0.29) is 12.1 Å². The second kappa shape index (κ2) is 4.05. The van der Waals surface area contributed by atoms with Crippen molar-refractivity contribution in [3.05, 3.63) is 18.7 Å². The van der Waals surface area contributed by atoms with Gasteiger partial charge < -0.3 is 10.4 Å². The van der Waals surface area contributed by atoms with Crippen molar-refractivity contribution in [3.8, 4) is 0 Å². The first-order chi connectivity index (χ1) is 7.62. The molecule has 2 heterocycles. The van der Waals surface area contributed by atoms with Gasteiger partial charge in [0.25, 0.3) is 0 Å². The van der Waals surface area contributed by atoms with Crippen molar-refractivity contribution in [2.24, 2.45) is 0 Å². The molecule has 0 unspecified atom stereocenters. The highest BCUT2D eigenvalue weighted by Gasteiger charge is 2.19. The molecule has 0 bridgehead atoms. The van der Waals surface area contributed by atoms with Crippen LogP contribution in [0.5, 0.6) is 0 Å². The molecule has 0 saturated heterocycles. The molecule has 6 nitrogen and oxygen atoms in total. The summed E-state index contributed by atoms with van der Waals surface area (Å²) in [6.07, 6.45) is 5.75. The lowest BCUT2D eigenvalue weighted by atomic mass is 10.0. The Morgan fingerprint density at radius 2 is 2.31 bits per heavy atom. The van der Waals surface area contributed by atoms with Crippen molar-refractivity contribution in [2.45, 2.75) is 25.8 Å². The number of hydrogen-bond acceptors (Lipinski definition) is 5. The monoisotopic (exact) mass is 221 g/mol. The lowest BCUT2D eigenvalue weighted by molar-refractivity contribution is 0.260. The molecule has 0 aliphatic carbocycles. The Morgan fingerprint density at radius 3 is 3.06 bits per heavy atom. The Bertz CT molecular complexity index is 479. The molecule has 2 rings (SSSR count). The second-order valence-electron chi connectivity index (χ2n) is 4.32. The van der Waals surface area contributed by atoms with Gasteiger partial charge in [0.05, 0.1) is 0 Å². The van der Waals surface area contributed by atoms with Crippen LogP contribution in [0, 0.1) is 0 Å². The molecule has 0 atom stereocenters. The van der Waals surface area contributed by atoms with Gasteiger partial charge in [-0.2, -0.15) is 0 Å². The van der Waals surface area contributed by atoms with Gasteiger partial charge >= 0.3 is 0 Å². The van der Waals surface area contributed by atoms with E-state index in [1.54, 1.807) is 23.1 Å². The summed E-state index contributed by atoms with van der Waals surface area (Å²) in [5.74, 6) is 0.679. The number of nitrogens with zero attached hydrogens (tertiary/aromatic N) is 4. The van der Waals surface area contributed by atoms with Crippen molar-refractivity contribution >= 4 is 11.5 Å². The fraction of sp³-hybridized carbons (Fsp3) is 0.500. The highest BCUT2D eigenvalue weighted by atomic mass is 16.3. The van der Waals surface area contributed by atoms with E-state index in [0.717, 1.165) is 0 Å². The molecular formula is C10H15N5O. The minimum Gasteiger partial charge on any atom is -0.396 e. The van der Waals surface area contributed by atoms with Crippen molar-refractivity contribution in [2.75, 3.05) is 11.9 Å². The number of aliphatic hydroxyl groups excluding tert-OH is 1. The fourth-order valence-corrected chi connectivity index (χ4v) is 1.51. The summed E-state index contributed by atoms with van der Waals surface area (Å²) in [5, 5.41) is 20.0. The van der Waals surface area contributed by atoms with E-state index in [1.807, 2.05) is 13.8 Å². The average Bonchev–Trinajstić information content (AvgIpc) is 2.65. The summed E-state index contributed by atoms with van der Waals surface area (Å²) in [4.78, 5) is 4.23. The van der Waals surface area contributed by atoms with Crippen molar-refractivity contribution in [1.82, 2.24) is 19.6 Å². The van der Waals surface area contributed by atoms with Crippen LogP contribution in [0.15, 0.2) is 18.7 Å². The molecule has 2 aromatic heterocycles. The highest BCUT2D eigenvalue weighted by Crippen LogP contribution is 2.18. The molecule has 0 aliphatic rings. The predicted octanol–water partition coefficient (Wildman–Crippen LogP) is 0.697. The number of rotatable bonds is 4. The third kappa shape index (κ3) is 2.11. The first-order valence-corrected chi connectivity index (χ1v) is 5.16. The van der Waals surface area contributed by atoms with Gasteiger partial charge in [-0.05, 0) is 20.3 Å². The number of hydrogen-bond donors (Lipinski definition) is 2. The van der Waals surface area contributed by atoms with Gasteiger partial charge in [-0.3, -0.25) is 4.40 Å². The molecule has 2 aromatic rings. The van der Waals surface area contributed by atoms with E-state index in [4.69, 9.17) is 5.11 Å². The first-order valence-electron chi connectivity index (χ1n) is 5.16. The van der Waals surface area contributed by atoms with Gasteiger partial charge in [-0.1, -0.05) is 0 Å². The molecule has 0 aromatic carbocycles. The van der Waals surface area contributed by atoms with Crippen LogP contribution in [0.4, 0.5) is 5.82 Å². The Morgan fingerprint density at radius 1 is 1.50 bits per heavy atom. The predicted molar refractivity (Wildman–Crippen MR) is 60.2 cm³/mol. The van der Waals surface area contributed by atoms with E-state index in [2.05, 4.69) is 20.5 Å².